The van der Waals surface area contributed by atoms with Crippen LogP contribution in [0.2, 0.25) is 0 Å². The molecule has 2 N–H and O–H groups in total. The van der Waals surface area contributed by atoms with Crippen LogP contribution in [0.4, 0.5) is 0 Å². The monoisotopic (exact) mass is 243 g/mol. The van der Waals surface area contributed by atoms with Gasteiger partial charge in [0.05, 0.1) is 11.4 Å². The van der Waals surface area contributed by atoms with Gasteiger partial charge in [0.2, 0.25) is 5.88 Å². The molecular weight excluding hydrogens is 234 g/mol. The number of thiol groups is 1. The van der Waals surface area contributed by atoms with Gasteiger partial charge in [0, 0.05) is 5.56 Å². The third-order valence-electron chi connectivity index (χ3n) is 2.51. The minimum Gasteiger partial charge on any atom is -0.492 e. The number of fused-ring (bicyclic) bond motifs is 1. The van der Waals surface area contributed by atoms with Crippen molar-refractivity contribution in [3.63, 3.8) is 0 Å². The summed E-state index contributed by atoms with van der Waals surface area (Å²) in [4.78, 5) is 11.1. The minimum absolute atomic E-state index is 0.106. The molecule has 0 saturated carbocycles. The van der Waals surface area contributed by atoms with E-state index in [1.54, 1.807) is 0 Å². The number of aromatic amines is 1. The number of hydrogen-bond donors (Lipinski definition) is 3. The lowest BCUT2D eigenvalue weighted by Gasteiger charge is -2.00. The van der Waals surface area contributed by atoms with Crippen molar-refractivity contribution in [2.45, 2.75) is 5.16 Å². The van der Waals surface area contributed by atoms with Crippen LogP contribution in [0.15, 0.2) is 41.6 Å². The Morgan fingerprint density at radius 2 is 1.88 bits per heavy atom. The van der Waals surface area contributed by atoms with Crippen LogP contribution in [0.25, 0.3) is 22.6 Å². The Bertz CT molecular complexity index is 636. The van der Waals surface area contributed by atoms with Crippen molar-refractivity contribution in [2.24, 2.45) is 0 Å². The van der Waals surface area contributed by atoms with Gasteiger partial charge in [0.25, 0.3) is 0 Å². The average molecular weight is 243 g/mol. The Hall–Kier alpha value is -2.01. The van der Waals surface area contributed by atoms with Gasteiger partial charge in [-0.3, -0.25) is 0 Å². The molecule has 0 spiro atoms. The van der Waals surface area contributed by atoms with E-state index in [2.05, 4.69) is 27.6 Å². The molecule has 0 atom stereocenters. The van der Waals surface area contributed by atoms with Crippen molar-refractivity contribution in [2.75, 3.05) is 0 Å². The normalized spacial score (nSPS) is 10.9. The Kier molecular flexibility index (Phi) is 2.26. The molecular formula is C12H9N3OS. The van der Waals surface area contributed by atoms with Gasteiger partial charge in [-0.05, 0) is 6.07 Å². The smallest absolute Gasteiger partial charge is 0.242 e. The van der Waals surface area contributed by atoms with E-state index in [1.807, 2.05) is 36.4 Å². The first-order chi connectivity index (χ1) is 8.24. The van der Waals surface area contributed by atoms with Crippen LogP contribution in [0.1, 0.15) is 0 Å². The molecule has 0 aromatic heterocycles. The summed E-state index contributed by atoms with van der Waals surface area (Å²) in [5.74, 6) is -0.106. The molecule has 3 rings (SSSR count). The van der Waals surface area contributed by atoms with Crippen LogP contribution in [0.5, 0.6) is 5.88 Å². The number of nitrogens with one attached hydrogen (secondary N) is 1. The lowest BCUT2D eigenvalue weighted by atomic mass is 10.1. The van der Waals surface area contributed by atoms with Crippen molar-refractivity contribution in [1.82, 2.24) is 15.0 Å². The van der Waals surface area contributed by atoms with Crippen molar-refractivity contribution >= 4 is 12.6 Å². The van der Waals surface area contributed by atoms with Gasteiger partial charge in [-0.25, -0.2) is 4.98 Å². The summed E-state index contributed by atoms with van der Waals surface area (Å²) in [6, 6.07) is 11.6. The minimum atomic E-state index is -0.106. The van der Waals surface area contributed by atoms with E-state index in [4.69, 9.17) is 0 Å². The summed E-state index contributed by atoms with van der Waals surface area (Å²) in [6.07, 6.45) is 0. The van der Waals surface area contributed by atoms with E-state index in [0.29, 0.717) is 10.9 Å². The Labute approximate surface area is 103 Å². The van der Waals surface area contributed by atoms with E-state index in [-0.39, 0.29) is 5.88 Å². The zero-order chi connectivity index (χ0) is 11.8. The highest BCUT2D eigenvalue weighted by molar-refractivity contribution is 7.80. The predicted molar refractivity (Wildman–Crippen MR) is 67.4 cm³/mol. The fourth-order valence-electron chi connectivity index (χ4n) is 1.74. The molecule has 5 heteroatoms. The summed E-state index contributed by atoms with van der Waals surface area (Å²) in [5.41, 5.74) is 2.98. The molecule has 1 aromatic carbocycles. The van der Waals surface area contributed by atoms with E-state index in [0.717, 1.165) is 17.0 Å². The number of H-pyrrole nitrogens is 1. The lowest BCUT2D eigenvalue weighted by Crippen LogP contribution is -1.89. The van der Waals surface area contributed by atoms with Crippen LogP contribution in [0, 0.1) is 0 Å². The molecule has 17 heavy (non-hydrogen) atoms. The maximum Gasteiger partial charge on any atom is 0.242 e. The molecule has 0 fully saturated rings. The highest BCUT2D eigenvalue weighted by atomic mass is 32.1. The van der Waals surface area contributed by atoms with Crippen LogP contribution in [0.3, 0.4) is 0 Å². The quantitative estimate of drug-likeness (QED) is 0.454. The lowest BCUT2D eigenvalue weighted by molar-refractivity contribution is 0.446. The number of aromatic hydroxyl groups is 1. The Morgan fingerprint density at radius 1 is 1.12 bits per heavy atom. The van der Waals surface area contributed by atoms with Crippen LogP contribution in [-0.4, -0.2) is 20.1 Å². The molecule has 84 valence electrons. The number of rotatable bonds is 1. The third kappa shape index (κ3) is 1.74. The van der Waals surface area contributed by atoms with Crippen LogP contribution >= 0.6 is 12.6 Å². The summed E-state index contributed by atoms with van der Waals surface area (Å²) in [5, 5.41) is 10.0. The van der Waals surface area contributed by atoms with Gasteiger partial charge < -0.3 is 10.1 Å². The summed E-state index contributed by atoms with van der Waals surface area (Å²) >= 11 is 4.07. The molecule has 2 aliphatic rings. The van der Waals surface area contributed by atoms with E-state index in [1.165, 1.54) is 0 Å². The SMILES string of the molecule is Oc1nc(S)[nH]c2cc(-c3ccccc3)nc1-2. The van der Waals surface area contributed by atoms with Gasteiger partial charge in [-0.1, -0.05) is 30.3 Å². The molecule has 1 aromatic rings. The van der Waals surface area contributed by atoms with Gasteiger partial charge >= 0.3 is 0 Å². The number of benzene rings is 1. The zero-order valence-electron chi connectivity index (χ0n) is 8.75. The van der Waals surface area contributed by atoms with Crippen molar-refractivity contribution < 1.29 is 5.11 Å². The molecule has 2 heterocycles. The Morgan fingerprint density at radius 3 is 2.65 bits per heavy atom. The first-order valence-corrected chi connectivity index (χ1v) is 5.53. The second-order valence-electron chi connectivity index (χ2n) is 3.65. The van der Waals surface area contributed by atoms with Crippen molar-refractivity contribution in [1.29, 1.82) is 0 Å². The second-order valence-corrected chi connectivity index (χ2v) is 4.08. The fraction of sp³-hybridized carbons (Fsp3) is 0. The molecule has 0 aliphatic carbocycles. The summed E-state index contributed by atoms with van der Waals surface area (Å²) < 4.78 is 0. The maximum atomic E-state index is 9.67. The van der Waals surface area contributed by atoms with Crippen molar-refractivity contribution in [3.8, 4) is 28.5 Å². The third-order valence-corrected chi connectivity index (χ3v) is 2.72. The average Bonchev–Trinajstić information content (AvgIpc) is 2.74. The van der Waals surface area contributed by atoms with Gasteiger partial charge in [0.15, 0.2) is 5.16 Å². The van der Waals surface area contributed by atoms with E-state index >= 15 is 0 Å². The number of aromatic nitrogens is 3. The van der Waals surface area contributed by atoms with Gasteiger partial charge in [-0.15, -0.1) is 12.6 Å². The highest BCUT2D eigenvalue weighted by Crippen LogP contribution is 2.32. The summed E-state index contributed by atoms with van der Waals surface area (Å²) in [7, 11) is 0. The molecule has 0 saturated heterocycles. The molecule has 2 aliphatic heterocycles. The second kappa shape index (κ2) is 3.78. The maximum absolute atomic E-state index is 9.67. The zero-order valence-corrected chi connectivity index (χ0v) is 9.65. The van der Waals surface area contributed by atoms with Gasteiger partial charge in [-0.2, -0.15) is 4.98 Å². The standard InChI is InChI=1S/C12H9N3OS/c16-11-10-9(14-12(17)15-11)6-8(13-10)7-4-2-1-3-5-7/h1-6,16H,(H2,14,15,17). The van der Waals surface area contributed by atoms with Crippen LogP contribution < -0.4 is 0 Å². The first-order valence-electron chi connectivity index (χ1n) is 5.08. The highest BCUT2D eigenvalue weighted by Gasteiger charge is 2.16. The first kappa shape index (κ1) is 10.2. The molecule has 0 radical (unpaired) electrons. The molecule has 0 bridgehead atoms. The Balaban J connectivity index is 2.21. The van der Waals surface area contributed by atoms with E-state index < -0.39 is 0 Å². The largest absolute Gasteiger partial charge is 0.492 e. The molecule has 4 nitrogen and oxygen atoms in total. The van der Waals surface area contributed by atoms with Gasteiger partial charge in [0.1, 0.15) is 5.69 Å². The molecule has 0 amide bonds. The van der Waals surface area contributed by atoms with Crippen LogP contribution in [-0.2, 0) is 0 Å². The number of hydrogen-bond acceptors (Lipinski definition) is 4. The van der Waals surface area contributed by atoms with Crippen molar-refractivity contribution in [3.05, 3.63) is 36.4 Å². The predicted octanol–water partition coefficient (Wildman–Crippen LogP) is 2.57. The number of nitrogens with zero attached hydrogens (tertiary/aromatic N) is 2. The van der Waals surface area contributed by atoms with E-state index in [9.17, 15) is 5.11 Å². The fourth-order valence-corrected chi connectivity index (χ4v) is 1.96. The molecule has 0 unspecified atom stereocenters. The topological polar surface area (TPSA) is 61.8 Å². The summed E-state index contributed by atoms with van der Waals surface area (Å²) in [6.45, 7) is 0.